The van der Waals surface area contributed by atoms with Crippen molar-refractivity contribution in [2.45, 2.75) is 24.8 Å². The first-order valence-corrected chi connectivity index (χ1v) is 14.5. The lowest BCUT2D eigenvalue weighted by Crippen LogP contribution is -2.48. The zero-order chi connectivity index (χ0) is 25.3. The van der Waals surface area contributed by atoms with E-state index in [0.717, 1.165) is 9.88 Å². The summed E-state index contributed by atoms with van der Waals surface area (Å²) in [5, 5.41) is 9.83. The fourth-order valence-corrected chi connectivity index (χ4v) is 7.04. The van der Waals surface area contributed by atoms with E-state index in [1.54, 1.807) is 30.4 Å². The maximum atomic E-state index is 13.1. The minimum Gasteiger partial charge on any atom is -0.326 e. The normalized spacial score (nSPS) is 15.4. The molecule has 1 aliphatic heterocycles. The third-order valence-corrected chi connectivity index (χ3v) is 9.70. The van der Waals surface area contributed by atoms with Crippen molar-refractivity contribution in [1.29, 1.82) is 0 Å². The summed E-state index contributed by atoms with van der Waals surface area (Å²) in [4.78, 5) is 32.6. The summed E-state index contributed by atoms with van der Waals surface area (Å²) in [7, 11) is -3.64. The molecule has 13 heteroatoms. The average Bonchev–Trinajstić information content (AvgIpc) is 3.55. The summed E-state index contributed by atoms with van der Waals surface area (Å²) in [6, 6.07) is 11.6. The van der Waals surface area contributed by atoms with Gasteiger partial charge in [0.15, 0.2) is 5.01 Å². The molecule has 3 aromatic heterocycles. The Hall–Kier alpha value is -2.97. The number of anilines is 1. The first-order valence-electron chi connectivity index (χ1n) is 11.4. The van der Waals surface area contributed by atoms with Crippen LogP contribution >= 0.6 is 22.7 Å². The Bertz CT molecular complexity index is 1540. The van der Waals surface area contributed by atoms with Crippen LogP contribution in [0.4, 0.5) is 5.69 Å². The topological polar surface area (TPSA) is 117 Å². The quantitative estimate of drug-likeness (QED) is 0.380. The van der Waals surface area contributed by atoms with Crippen LogP contribution in [0, 0.1) is 0 Å². The molecule has 4 heterocycles. The van der Waals surface area contributed by atoms with Crippen LogP contribution in [0.1, 0.15) is 19.0 Å². The third-order valence-electron chi connectivity index (χ3n) is 5.84. The molecule has 1 aromatic carbocycles. The fraction of sp³-hybridized carbons (Fsp3) is 0.304. The van der Waals surface area contributed by atoms with Gasteiger partial charge in [-0.3, -0.25) is 14.5 Å². The van der Waals surface area contributed by atoms with Crippen LogP contribution in [0.25, 0.3) is 14.8 Å². The van der Waals surface area contributed by atoms with E-state index in [2.05, 4.69) is 20.3 Å². The number of nitrogens with zero attached hydrogens (tertiary/aromatic N) is 5. The molecule has 0 radical (unpaired) electrons. The lowest BCUT2D eigenvalue weighted by molar-refractivity contribution is -0.115. The number of thiophene rings is 1. The zero-order valence-electron chi connectivity index (χ0n) is 19.5. The van der Waals surface area contributed by atoms with E-state index in [0.29, 0.717) is 55.5 Å². The van der Waals surface area contributed by atoms with E-state index in [4.69, 9.17) is 0 Å². The van der Waals surface area contributed by atoms with Crippen LogP contribution in [-0.2, 0) is 21.4 Å². The number of amides is 1. The van der Waals surface area contributed by atoms with Gasteiger partial charge in [0.2, 0.25) is 20.9 Å². The molecule has 1 N–H and O–H groups in total. The molecule has 36 heavy (non-hydrogen) atoms. The van der Waals surface area contributed by atoms with Gasteiger partial charge in [-0.15, -0.1) is 11.3 Å². The van der Waals surface area contributed by atoms with Crippen molar-refractivity contribution in [2.75, 3.05) is 31.5 Å². The van der Waals surface area contributed by atoms with E-state index < -0.39 is 10.0 Å². The molecule has 5 rings (SSSR count). The predicted octanol–water partition coefficient (Wildman–Crippen LogP) is 2.73. The molecule has 0 atom stereocenters. The SMILES string of the molecule is CCC(=O)Nc1ccc(S(=O)(=O)N2CCN(Cc3cc(=O)n4nc(-c5cccs5)sc4n3)CC2)cc1. The highest BCUT2D eigenvalue weighted by Gasteiger charge is 2.28. The van der Waals surface area contributed by atoms with Gasteiger partial charge in [0.05, 0.1) is 15.5 Å². The summed E-state index contributed by atoms with van der Waals surface area (Å²) < 4.78 is 29.0. The molecule has 1 amide bonds. The standard InChI is InChI=1S/C23H24N6O4S3/c1-2-20(30)24-16-5-7-18(8-6-16)36(32,33)28-11-9-27(10-12-28)15-17-14-21(31)29-23(25-17)35-22(26-29)19-4-3-13-34-19/h3-8,13-14H,2,9-12,15H2,1H3,(H,24,30). The number of fused-ring (bicyclic) bond motifs is 1. The van der Waals surface area contributed by atoms with Gasteiger partial charge in [-0.05, 0) is 35.7 Å². The predicted molar refractivity (Wildman–Crippen MR) is 140 cm³/mol. The summed E-state index contributed by atoms with van der Waals surface area (Å²) in [5.41, 5.74) is 0.977. The Morgan fingerprint density at radius 3 is 2.53 bits per heavy atom. The second kappa shape index (κ2) is 10.2. The lowest BCUT2D eigenvalue weighted by atomic mass is 10.3. The van der Waals surface area contributed by atoms with Crippen LogP contribution in [0.2, 0.25) is 0 Å². The molecule has 0 unspecified atom stereocenters. The Morgan fingerprint density at radius 2 is 1.86 bits per heavy atom. The maximum Gasteiger partial charge on any atom is 0.275 e. The fourth-order valence-electron chi connectivity index (χ4n) is 3.90. The van der Waals surface area contributed by atoms with Crippen LogP contribution in [0.3, 0.4) is 0 Å². The number of hydrogen-bond donors (Lipinski definition) is 1. The summed E-state index contributed by atoms with van der Waals surface area (Å²) in [5.74, 6) is -0.128. The van der Waals surface area contributed by atoms with Crippen molar-refractivity contribution in [3.8, 4) is 9.88 Å². The number of carbonyl (C=O) groups excluding carboxylic acids is 1. The average molecular weight is 545 g/mol. The number of carbonyl (C=O) groups is 1. The molecule has 4 aromatic rings. The Labute approximate surface area is 215 Å². The summed E-state index contributed by atoms with van der Waals surface area (Å²) in [6.45, 7) is 3.92. The first-order chi connectivity index (χ1) is 17.3. The molecule has 0 saturated carbocycles. The number of hydrogen-bond acceptors (Lipinski definition) is 9. The van der Waals surface area contributed by atoms with Crippen molar-refractivity contribution in [2.24, 2.45) is 0 Å². The molecule has 1 aliphatic rings. The van der Waals surface area contributed by atoms with Crippen molar-refractivity contribution >= 4 is 49.3 Å². The van der Waals surface area contributed by atoms with E-state index in [-0.39, 0.29) is 16.4 Å². The second-order valence-corrected chi connectivity index (χ2v) is 12.1. The van der Waals surface area contributed by atoms with Crippen molar-refractivity contribution in [1.82, 2.24) is 23.8 Å². The maximum absolute atomic E-state index is 13.1. The molecule has 1 saturated heterocycles. The van der Waals surface area contributed by atoms with Crippen LogP contribution < -0.4 is 10.9 Å². The molecular formula is C23H24N6O4S3. The van der Waals surface area contributed by atoms with E-state index in [9.17, 15) is 18.0 Å². The molecule has 0 spiro atoms. The lowest BCUT2D eigenvalue weighted by Gasteiger charge is -2.33. The summed E-state index contributed by atoms with van der Waals surface area (Å²) >= 11 is 2.93. The van der Waals surface area contributed by atoms with Crippen LogP contribution in [0.5, 0.6) is 0 Å². The molecule has 1 fully saturated rings. The van der Waals surface area contributed by atoms with E-state index in [1.807, 2.05) is 17.5 Å². The smallest absolute Gasteiger partial charge is 0.275 e. The highest BCUT2D eigenvalue weighted by molar-refractivity contribution is 7.89. The number of benzene rings is 1. The Kier molecular flexibility index (Phi) is 6.99. The molecule has 0 bridgehead atoms. The third kappa shape index (κ3) is 5.11. The van der Waals surface area contributed by atoms with Gasteiger partial charge in [0.25, 0.3) is 5.56 Å². The van der Waals surface area contributed by atoms with Gasteiger partial charge in [0, 0.05) is 50.9 Å². The summed E-state index contributed by atoms with van der Waals surface area (Å²) in [6.07, 6.45) is 0.350. The van der Waals surface area contributed by atoms with Crippen LogP contribution in [0.15, 0.2) is 57.5 Å². The number of aromatic nitrogens is 3. The highest BCUT2D eigenvalue weighted by atomic mass is 32.2. The van der Waals surface area contributed by atoms with E-state index >= 15 is 0 Å². The monoisotopic (exact) mass is 544 g/mol. The van der Waals surface area contributed by atoms with Gasteiger partial charge < -0.3 is 5.32 Å². The Morgan fingerprint density at radius 1 is 1.11 bits per heavy atom. The van der Waals surface area contributed by atoms with Crippen molar-refractivity contribution in [3.05, 3.63) is 63.9 Å². The molecular weight excluding hydrogens is 520 g/mol. The highest BCUT2D eigenvalue weighted by Crippen LogP contribution is 2.28. The number of nitrogens with one attached hydrogen (secondary N) is 1. The Balaban J connectivity index is 1.23. The largest absolute Gasteiger partial charge is 0.326 e. The molecule has 10 nitrogen and oxygen atoms in total. The van der Waals surface area contributed by atoms with Crippen molar-refractivity contribution in [3.63, 3.8) is 0 Å². The molecule has 188 valence electrons. The number of piperazine rings is 1. The first kappa shape index (κ1) is 24.7. The number of sulfonamides is 1. The van der Waals surface area contributed by atoms with Gasteiger partial charge in [-0.1, -0.05) is 24.3 Å². The van der Waals surface area contributed by atoms with Gasteiger partial charge in [-0.25, -0.2) is 13.4 Å². The van der Waals surface area contributed by atoms with Gasteiger partial charge >= 0.3 is 0 Å². The second-order valence-electron chi connectivity index (χ2n) is 8.27. The zero-order valence-corrected chi connectivity index (χ0v) is 21.9. The van der Waals surface area contributed by atoms with Crippen LogP contribution in [-0.4, -0.2) is 64.3 Å². The van der Waals surface area contributed by atoms with Crippen molar-refractivity contribution < 1.29 is 13.2 Å². The number of rotatable bonds is 7. The van der Waals surface area contributed by atoms with Gasteiger partial charge in [0.1, 0.15) is 0 Å². The molecule has 0 aliphatic carbocycles. The van der Waals surface area contributed by atoms with Gasteiger partial charge in [-0.2, -0.15) is 13.9 Å². The minimum absolute atomic E-state index is 0.128. The van der Waals surface area contributed by atoms with E-state index in [1.165, 1.54) is 38.4 Å². The minimum atomic E-state index is -3.64.